The molecule has 0 aliphatic heterocycles. The maximum atomic E-state index is 13.9. The van der Waals surface area contributed by atoms with Crippen LogP contribution in [0.4, 0.5) is 0 Å². The zero-order chi connectivity index (χ0) is 24.6. The van der Waals surface area contributed by atoms with Crippen LogP contribution in [0.2, 0.25) is 0 Å². The van der Waals surface area contributed by atoms with Gasteiger partial charge in [0.1, 0.15) is 5.78 Å². The van der Waals surface area contributed by atoms with E-state index in [1.807, 2.05) is 39.8 Å². The average molecular weight is 455 g/mol. The van der Waals surface area contributed by atoms with Crippen molar-refractivity contribution >= 4 is 11.6 Å². The topological polar surface area (TPSA) is 54.4 Å². The van der Waals surface area contributed by atoms with Crippen LogP contribution in [-0.4, -0.2) is 22.3 Å². The third-order valence-corrected chi connectivity index (χ3v) is 11.1. The van der Waals surface area contributed by atoms with Gasteiger partial charge in [-0.15, -0.1) is 0 Å². The molecule has 4 aliphatic carbocycles. The predicted molar refractivity (Wildman–Crippen MR) is 134 cm³/mol. The minimum Gasteiger partial charge on any atom is -0.386 e. The Hall–Kier alpha value is -1.22. The summed E-state index contributed by atoms with van der Waals surface area (Å²) < 4.78 is 0. The first kappa shape index (κ1) is 24.9. The van der Waals surface area contributed by atoms with Gasteiger partial charge in [0.25, 0.3) is 0 Å². The van der Waals surface area contributed by atoms with E-state index in [4.69, 9.17) is 0 Å². The summed E-state index contributed by atoms with van der Waals surface area (Å²) in [6.07, 6.45) is 13.0. The van der Waals surface area contributed by atoms with Crippen LogP contribution in [0.3, 0.4) is 0 Å². The number of rotatable bonds is 4. The third kappa shape index (κ3) is 3.55. The van der Waals surface area contributed by atoms with Gasteiger partial charge >= 0.3 is 0 Å². The summed E-state index contributed by atoms with van der Waals surface area (Å²) in [5.41, 5.74) is -0.0766. The molecule has 3 saturated carbocycles. The first-order chi connectivity index (χ1) is 15.1. The lowest BCUT2D eigenvalue weighted by atomic mass is 9.39. The van der Waals surface area contributed by atoms with Crippen molar-refractivity contribution < 1.29 is 14.7 Å². The van der Waals surface area contributed by atoms with Crippen LogP contribution in [-0.2, 0) is 9.59 Å². The number of carbonyl (C=O) groups is 2. The van der Waals surface area contributed by atoms with Crippen LogP contribution in [0, 0.1) is 45.3 Å². The largest absolute Gasteiger partial charge is 0.386 e. The number of allylic oxidation sites excluding steroid dienone is 3. The molecule has 0 aromatic carbocycles. The zero-order valence-electron chi connectivity index (χ0n) is 22.3. The van der Waals surface area contributed by atoms with Crippen LogP contribution in [0.1, 0.15) is 100 Å². The fourth-order valence-corrected chi connectivity index (χ4v) is 9.03. The molecule has 3 nitrogen and oxygen atoms in total. The molecule has 7 atom stereocenters. The number of hydrogen-bond acceptors (Lipinski definition) is 3. The fraction of sp³-hybridized carbons (Fsp3) is 0.800. The molecule has 3 fully saturated rings. The van der Waals surface area contributed by atoms with E-state index in [0.29, 0.717) is 30.0 Å². The van der Waals surface area contributed by atoms with Gasteiger partial charge < -0.3 is 5.11 Å². The maximum absolute atomic E-state index is 13.9. The first-order valence-electron chi connectivity index (χ1n) is 13.3. The number of carbonyl (C=O) groups excluding carboxylic acids is 2. The van der Waals surface area contributed by atoms with Gasteiger partial charge in [-0.2, -0.15) is 0 Å². The van der Waals surface area contributed by atoms with Crippen LogP contribution >= 0.6 is 0 Å². The Bertz CT molecular complexity index is 902. The summed E-state index contributed by atoms with van der Waals surface area (Å²) in [6.45, 7) is 17.3. The smallest absolute Gasteiger partial charge is 0.159 e. The molecule has 0 aromatic rings. The summed E-state index contributed by atoms with van der Waals surface area (Å²) in [5, 5.41) is 10.1. The summed E-state index contributed by atoms with van der Waals surface area (Å²) in [7, 11) is 0. The normalized spacial score (nSPS) is 43.7. The molecular weight excluding hydrogens is 408 g/mol. The molecule has 4 aliphatic rings. The first-order valence-corrected chi connectivity index (χ1v) is 13.3. The molecule has 0 bridgehead atoms. The maximum Gasteiger partial charge on any atom is 0.159 e. The standard InChI is InChI=1S/C30H46O3/c1-19(10-9-14-26(2,3)33)20-13-15-30(8)25-23(31)18-22-21(11-12-24(32)27(22,4)5)28(25,6)16-17-29(20,30)7/h9,14,18-21,25,33H,10-13,15-17H2,1-8H3. The summed E-state index contributed by atoms with van der Waals surface area (Å²) in [4.78, 5) is 26.6. The van der Waals surface area contributed by atoms with Crippen molar-refractivity contribution in [3.63, 3.8) is 0 Å². The van der Waals surface area contributed by atoms with Crippen molar-refractivity contribution in [3.8, 4) is 0 Å². The van der Waals surface area contributed by atoms with Gasteiger partial charge in [-0.1, -0.05) is 39.8 Å². The second kappa shape index (κ2) is 7.64. The number of hydrogen-bond donors (Lipinski definition) is 1. The van der Waals surface area contributed by atoms with Crippen LogP contribution in [0.5, 0.6) is 0 Å². The van der Waals surface area contributed by atoms with E-state index in [9.17, 15) is 14.7 Å². The molecule has 0 saturated heterocycles. The lowest BCUT2D eigenvalue weighted by Crippen LogP contribution is -2.61. The molecule has 184 valence electrons. The van der Waals surface area contributed by atoms with Crippen molar-refractivity contribution in [2.75, 3.05) is 0 Å². The molecule has 0 heterocycles. The highest BCUT2D eigenvalue weighted by Crippen LogP contribution is 2.74. The van der Waals surface area contributed by atoms with Crippen LogP contribution in [0.25, 0.3) is 0 Å². The molecular formula is C30H46O3. The van der Waals surface area contributed by atoms with Gasteiger partial charge in [-0.3, -0.25) is 9.59 Å². The summed E-state index contributed by atoms with van der Waals surface area (Å²) >= 11 is 0. The van der Waals surface area contributed by atoms with Gasteiger partial charge in [0.15, 0.2) is 5.78 Å². The van der Waals surface area contributed by atoms with Gasteiger partial charge in [0.05, 0.1) is 5.60 Å². The molecule has 0 radical (unpaired) electrons. The second-order valence-corrected chi connectivity index (χ2v) is 13.8. The number of aliphatic hydroxyl groups is 1. The number of fused-ring (bicyclic) bond motifs is 5. The van der Waals surface area contributed by atoms with Gasteiger partial charge in [0, 0.05) is 17.8 Å². The minimum absolute atomic E-state index is 0.0103. The second-order valence-electron chi connectivity index (χ2n) is 13.8. The highest BCUT2D eigenvalue weighted by atomic mass is 16.3. The number of Topliss-reactive ketones (excluding diaryl/α,β-unsaturated/α-hetero) is 1. The average Bonchev–Trinajstić information content (AvgIpc) is 2.95. The zero-order valence-corrected chi connectivity index (χ0v) is 22.3. The van der Waals surface area contributed by atoms with Gasteiger partial charge in [0.2, 0.25) is 0 Å². The molecule has 3 heteroatoms. The molecule has 0 amide bonds. The highest BCUT2D eigenvalue weighted by Gasteiger charge is 2.69. The molecule has 0 spiro atoms. The van der Waals surface area contributed by atoms with Gasteiger partial charge in [-0.25, -0.2) is 0 Å². The van der Waals surface area contributed by atoms with Gasteiger partial charge in [-0.05, 0) is 112 Å². The fourth-order valence-electron chi connectivity index (χ4n) is 9.03. The van der Waals surface area contributed by atoms with E-state index >= 15 is 0 Å². The van der Waals surface area contributed by atoms with Crippen molar-refractivity contribution in [1.29, 1.82) is 0 Å². The summed E-state index contributed by atoms with van der Waals surface area (Å²) in [5.74, 6) is 2.08. The molecule has 4 rings (SSSR count). The third-order valence-electron chi connectivity index (χ3n) is 11.1. The van der Waals surface area contributed by atoms with Crippen molar-refractivity contribution in [1.82, 2.24) is 0 Å². The lowest BCUT2D eigenvalue weighted by molar-refractivity contribution is -0.162. The molecule has 1 N–H and O–H groups in total. The Balaban J connectivity index is 1.68. The number of ketones is 2. The Morgan fingerprint density at radius 1 is 1.06 bits per heavy atom. The van der Waals surface area contributed by atoms with E-state index in [1.54, 1.807) is 0 Å². The Kier molecular flexibility index (Phi) is 5.76. The van der Waals surface area contributed by atoms with Crippen molar-refractivity contribution in [3.05, 3.63) is 23.8 Å². The van der Waals surface area contributed by atoms with E-state index in [-0.39, 0.29) is 27.9 Å². The van der Waals surface area contributed by atoms with E-state index in [2.05, 4.69) is 33.8 Å². The molecule has 7 unspecified atom stereocenters. The van der Waals surface area contributed by atoms with E-state index < -0.39 is 11.0 Å². The Morgan fingerprint density at radius 2 is 1.73 bits per heavy atom. The monoisotopic (exact) mass is 454 g/mol. The Morgan fingerprint density at radius 3 is 2.36 bits per heavy atom. The quantitative estimate of drug-likeness (QED) is 0.481. The SMILES string of the molecule is CC(CC=CC(C)(C)O)C1CCC2(C)C3C(=O)C=C4C(CCC(=O)C4(C)C)C3(C)CCC12C. The molecule has 0 aromatic heterocycles. The minimum atomic E-state index is -0.770. The van der Waals surface area contributed by atoms with Crippen molar-refractivity contribution in [2.24, 2.45) is 45.3 Å². The van der Waals surface area contributed by atoms with Crippen LogP contribution < -0.4 is 0 Å². The molecule has 33 heavy (non-hydrogen) atoms. The van der Waals surface area contributed by atoms with Crippen LogP contribution in [0.15, 0.2) is 23.8 Å². The lowest BCUT2D eigenvalue weighted by Gasteiger charge is -2.64. The highest BCUT2D eigenvalue weighted by molar-refractivity contribution is 5.98. The predicted octanol–water partition coefficient (Wildman–Crippen LogP) is 6.69. The van der Waals surface area contributed by atoms with E-state index in [1.165, 1.54) is 6.42 Å². The van der Waals surface area contributed by atoms with Crippen molar-refractivity contribution in [2.45, 2.75) is 106 Å². The summed E-state index contributed by atoms with van der Waals surface area (Å²) in [6, 6.07) is 0. The Labute approximate surface area is 201 Å². The van der Waals surface area contributed by atoms with E-state index in [0.717, 1.165) is 37.7 Å².